The van der Waals surface area contributed by atoms with Crippen molar-refractivity contribution in [3.8, 4) is 5.75 Å². The molecule has 2 aromatic carbocycles. The Balaban J connectivity index is 1.64. The summed E-state index contributed by atoms with van der Waals surface area (Å²) in [6.07, 6.45) is 2.20. The van der Waals surface area contributed by atoms with Crippen molar-refractivity contribution in [3.05, 3.63) is 53.6 Å². The summed E-state index contributed by atoms with van der Waals surface area (Å²) in [5.41, 5.74) is 2.30. The van der Waals surface area contributed by atoms with Gasteiger partial charge in [-0.15, -0.1) is 0 Å². The largest absolute Gasteiger partial charge is 0.489 e. The lowest BCUT2D eigenvalue weighted by atomic mass is 10.1. The number of anilines is 1. The Morgan fingerprint density at radius 1 is 1.25 bits per heavy atom. The molecule has 1 fully saturated rings. The molecule has 1 saturated heterocycles. The van der Waals surface area contributed by atoms with Gasteiger partial charge in [-0.2, -0.15) is 0 Å². The van der Waals surface area contributed by atoms with E-state index in [0.29, 0.717) is 23.6 Å². The number of carbonyl (C=O) groups is 1. The first-order valence-corrected chi connectivity index (χ1v) is 10.6. The standard InChI is InChI=1S/C20H24N2O5S/c1-14-4-9-18(19(11-14)27-13-16-3-2-10-26-16)22-20(23)12-15-5-7-17(8-6-15)28(21,24)25/h4-9,11,16H,2-3,10,12-13H2,1H3,(H,22,23)(H2,21,24,25). The maximum absolute atomic E-state index is 12.4. The van der Waals surface area contributed by atoms with Crippen LogP contribution in [0.1, 0.15) is 24.0 Å². The highest BCUT2D eigenvalue weighted by Crippen LogP contribution is 2.27. The first-order valence-electron chi connectivity index (χ1n) is 9.08. The number of primary sulfonamides is 1. The van der Waals surface area contributed by atoms with Crippen molar-refractivity contribution in [1.29, 1.82) is 0 Å². The number of rotatable bonds is 7. The molecule has 1 heterocycles. The molecule has 150 valence electrons. The van der Waals surface area contributed by atoms with E-state index in [0.717, 1.165) is 25.0 Å². The predicted molar refractivity (Wildman–Crippen MR) is 106 cm³/mol. The summed E-state index contributed by atoms with van der Waals surface area (Å²) in [5, 5.41) is 7.94. The molecule has 3 N–H and O–H groups in total. The minimum absolute atomic E-state index is 0.0139. The number of hydrogen-bond donors (Lipinski definition) is 2. The Morgan fingerprint density at radius 2 is 2.00 bits per heavy atom. The maximum Gasteiger partial charge on any atom is 0.238 e. The summed E-state index contributed by atoms with van der Waals surface area (Å²) >= 11 is 0. The third-order valence-electron chi connectivity index (χ3n) is 4.48. The average Bonchev–Trinajstić information content (AvgIpc) is 3.15. The zero-order chi connectivity index (χ0) is 20.1. The second kappa shape index (κ2) is 8.72. The lowest BCUT2D eigenvalue weighted by Gasteiger charge is -2.16. The van der Waals surface area contributed by atoms with Crippen molar-refractivity contribution in [1.82, 2.24) is 0 Å². The highest BCUT2D eigenvalue weighted by molar-refractivity contribution is 7.89. The maximum atomic E-state index is 12.4. The van der Waals surface area contributed by atoms with Gasteiger partial charge < -0.3 is 14.8 Å². The molecule has 0 saturated carbocycles. The number of benzene rings is 2. The van der Waals surface area contributed by atoms with Gasteiger partial charge in [0.15, 0.2) is 0 Å². The Bertz CT molecular complexity index is 936. The van der Waals surface area contributed by atoms with Gasteiger partial charge in [-0.3, -0.25) is 4.79 Å². The molecule has 0 bridgehead atoms. The van der Waals surface area contributed by atoms with Gasteiger partial charge in [0.2, 0.25) is 15.9 Å². The van der Waals surface area contributed by atoms with E-state index in [1.165, 1.54) is 12.1 Å². The molecular weight excluding hydrogens is 380 g/mol. The quantitative estimate of drug-likeness (QED) is 0.737. The molecule has 7 nitrogen and oxygen atoms in total. The van der Waals surface area contributed by atoms with E-state index in [1.54, 1.807) is 12.1 Å². The zero-order valence-corrected chi connectivity index (χ0v) is 16.5. The van der Waals surface area contributed by atoms with Gasteiger partial charge in [0, 0.05) is 6.61 Å². The van der Waals surface area contributed by atoms with E-state index in [-0.39, 0.29) is 23.3 Å². The Kier molecular flexibility index (Phi) is 6.33. The second-order valence-electron chi connectivity index (χ2n) is 6.86. The van der Waals surface area contributed by atoms with Gasteiger partial charge in [-0.05, 0) is 55.2 Å². The minimum atomic E-state index is -3.75. The van der Waals surface area contributed by atoms with Crippen LogP contribution >= 0.6 is 0 Å². The number of carbonyl (C=O) groups excluding carboxylic acids is 1. The van der Waals surface area contributed by atoms with E-state index >= 15 is 0 Å². The molecule has 0 spiro atoms. The van der Waals surface area contributed by atoms with Crippen LogP contribution in [0.4, 0.5) is 5.69 Å². The fourth-order valence-electron chi connectivity index (χ4n) is 2.99. The molecule has 28 heavy (non-hydrogen) atoms. The van der Waals surface area contributed by atoms with Crippen LogP contribution in [-0.4, -0.2) is 33.6 Å². The van der Waals surface area contributed by atoms with E-state index in [4.69, 9.17) is 14.6 Å². The van der Waals surface area contributed by atoms with Crippen molar-refractivity contribution in [3.63, 3.8) is 0 Å². The van der Waals surface area contributed by atoms with Crippen molar-refractivity contribution in [2.45, 2.75) is 37.2 Å². The number of nitrogens with one attached hydrogen (secondary N) is 1. The van der Waals surface area contributed by atoms with Crippen molar-refractivity contribution in [2.75, 3.05) is 18.5 Å². The van der Waals surface area contributed by atoms with Crippen LogP contribution in [0.2, 0.25) is 0 Å². The van der Waals surface area contributed by atoms with Crippen LogP contribution in [0.5, 0.6) is 5.75 Å². The number of ether oxygens (including phenoxy) is 2. The SMILES string of the molecule is Cc1ccc(NC(=O)Cc2ccc(S(N)(=O)=O)cc2)c(OCC2CCCO2)c1. The van der Waals surface area contributed by atoms with Crippen LogP contribution in [0.25, 0.3) is 0 Å². The number of sulfonamides is 1. The van der Waals surface area contributed by atoms with Crippen molar-refractivity contribution in [2.24, 2.45) is 5.14 Å². The summed E-state index contributed by atoms with van der Waals surface area (Å²) in [5.74, 6) is 0.377. The second-order valence-corrected chi connectivity index (χ2v) is 8.42. The Labute approximate surface area is 164 Å². The smallest absolute Gasteiger partial charge is 0.238 e. The highest BCUT2D eigenvalue weighted by Gasteiger charge is 2.17. The van der Waals surface area contributed by atoms with Gasteiger partial charge in [0.1, 0.15) is 12.4 Å². The third-order valence-corrected chi connectivity index (χ3v) is 5.41. The molecular formula is C20H24N2O5S. The van der Waals surface area contributed by atoms with E-state index in [2.05, 4.69) is 5.32 Å². The molecule has 0 radical (unpaired) electrons. The van der Waals surface area contributed by atoms with Crippen molar-refractivity contribution < 1.29 is 22.7 Å². The fraction of sp³-hybridized carbons (Fsp3) is 0.350. The number of nitrogens with two attached hydrogens (primary N) is 1. The number of hydrogen-bond acceptors (Lipinski definition) is 5. The molecule has 1 unspecified atom stereocenters. The van der Waals surface area contributed by atoms with Gasteiger partial charge in [-0.25, -0.2) is 13.6 Å². The van der Waals surface area contributed by atoms with Crippen LogP contribution < -0.4 is 15.2 Å². The molecule has 1 atom stereocenters. The predicted octanol–water partition coefficient (Wildman–Crippen LogP) is 2.38. The zero-order valence-electron chi connectivity index (χ0n) is 15.7. The van der Waals surface area contributed by atoms with Crippen LogP contribution in [-0.2, 0) is 26.0 Å². The van der Waals surface area contributed by atoms with E-state index in [1.807, 2.05) is 25.1 Å². The molecule has 0 aliphatic carbocycles. The normalized spacial score (nSPS) is 16.7. The molecule has 0 aromatic heterocycles. The van der Waals surface area contributed by atoms with E-state index < -0.39 is 10.0 Å². The van der Waals surface area contributed by atoms with Crippen LogP contribution in [0.3, 0.4) is 0 Å². The minimum Gasteiger partial charge on any atom is -0.489 e. The molecule has 1 aliphatic heterocycles. The first-order chi connectivity index (χ1) is 13.3. The van der Waals surface area contributed by atoms with E-state index in [9.17, 15) is 13.2 Å². The fourth-order valence-corrected chi connectivity index (χ4v) is 3.50. The van der Waals surface area contributed by atoms with Gasteiger partial charge in [-0.1, -0.05) is 18.2 Å². The first kappa shape index (κ1) is 20.3. The molecule has 1 amide bonds. The number of amides is 1. The Hall–Kier alpha value is -2.42. The third kappa shape index (κ3) is 5.54. The monoisotopic (exact) mass is 404 g/mol. The number of aryl methyl sites for hydroxylation is 1. The molecule has 2 aromatic rings. The summed E-state index contributed by atoms with van der Waals surface area (Å²) in [7, 11) is -3.75. The van der Waals surface area contributed by atoms with Crippen LogP contribution in [0.15, 0.2) is 47.4 Å². The van der Waals surface area contributed by atoms with Gasteiger partial charge in [0.05, 0.1) is 23.1 Å². The molecule has 1 aliphatic rings. The molecule has 8 heteroatoms. The molecule has 3 rings (SSSR count). The summed E-state index contributed by atoms with van der Waals surface area (Å²) in [4.78, 5) is 12.4. The van der Waals surface area contributed by atoms with Gasteiger partial charge in [0.25, 0.3) is 0 Å². The summed E-state index contributed by atoms with van der Waals surface area (Å²) < 4.78 is 34.1. The van der Waals surface area contributed by atoms with Gasteiger partial charge >= 0.3 is 0 Å². The summed E-state index contributed by atoms with van der Waals surface area (Å²) in [6.45, 7) is 3.16. The Morgan fingerprint density at radius 3 is 2.64 bits per heavy atom. The van der Waals surface area contributed by atoms with Crippen LogP contribution in [0, 0.1) is 6.92 Å². The topological polar surface area (TPSA) is 108 Å². The average molecular weight is 404 g/mol. The lowest BCUT2D eigenvalue weighted by molar-refractivity contribution is -0.115. The highest BCUT2D eigenvalue weighted by atomic mass is 32.2. The van der Waals surface area contributed by atoms with Crippen molar-refractivity contribution >= 4 is 21.6 Å². The summed E-state index contributed by atoms with van der Waals surface area (Å²) in [6, 6.07) is 11.5. The lowest BCUT2D eigenvalue weighted by Crippen LogP contribution is -2.19.